The first-order chi connectivity index (χ1) is 9.69. The number of nitrogens with two attached hydrogens (primary N) is 1. The summed E-state index contributed by atoms with van der Waals surface area (Å²) in [5.41, 5.74) is 8.45. The first kappa shape index (κ1) is 12.2. The van der Waals surface area contributed by atoms with Gasteiger partial charge in [-0.1, -0.05) is 12.1 Å². The lowest BCUT2D eigenvalue weighted by Gasteiger charge is -2.09. The highest BCUT2D eigenvalue weighted by Crippen LogP contribution is 2.23. The van der Waals surface area contributed by atoms with Crippen molar-refractivity contribution >= 4 is 16.6 Å². The number of benzene rings is 2. The number of nitrogens with zero attached hydrogens (tertiary/aromatic N) is 2. The molecule has 0 aliphatic rings. The van der Waals surface area contributed by atoms with E-state index in [0.29, 0.717) is 23.4 Å². The Balaban J connectivity index is 2.08. The number of para-hydroxylation sites is 1. The molecule has 0 saturated carbocycles. The molecule has 0 amide bonds. The summed E-state index contributed by atoms with van der Waals surface area (Å²) < 4.78 is 15.7. The number of hydrogen-bond acceptors (Lipinski definition) is 2. The van der Waals surface area contributed by atoms with Crippen molar-refractivity contribution in [3.8, 4) is 6.07 Å². The molecule has 98 valence electrons. The quantitative estimate of drug-likeness (QED) is 0.723. The van der Waals surface area contributed by atoms with Gasteiger partial charge in [0.15, 0.2) is 0 Å². The summed E-state index contributed by atoms with van der Waals surface area (Å²) in [5, 5.41) is 9.91. The second-order valence-electron chi connectivity index (χ2n) is 4.65. The molecule has 0 aliphatic heterocycles. The molecule has 0 unspecified atom stereocenters. The van der Waals surface area contributed by atoms with Crippen molar-refractivity contribution in [1.29, 1.82) is 5.26 Å². The van der Waals surface area contributed by atoms with Gasteiger partial charge in [-0.15, -0.1) is 0 Å². The smallest absolute Gasteiger partial charge is 0.128 e. The number of aromatic nitrogens is 1. The van der Waals surface area contributed by atoms with Gasteiger partial charge in [0, 0.05) is 17.1 Å². The molecule has 2 N–H and O–H groups in total. The number of nitriles is 1. The Labute approximate surface area is 115 Å². The van der Waals surface area contributed by atoms with Crippen LogP contribution in [0.15, 0.2) is 48.7 Å². The number of anilines is 1. The van der Waals surface area contributed by atoms with Crippen molar-refractivity contribution in [2.75, 3.05) is 5.73 Å². The van der Waals surface area contributed by atoms with Gasteiger partial charge in [-0.25, -0.2) is 4.39 Å². The zero-order chi connectivity index (χ0) is 14.1. The van der Waals surface area contributed by atoms with Gasteiger partial charge < -0.3 is 10.3 Å². The summed E-state index contributed by atoms with van der Waals surface area (Å²) in [6, 6.07) is 14.0. The highest BCUT2D eigenvalue weighted by Gasteiger charge is 2.08. The van der Waals surface area contributed by atoms with Crippen LogP contribution >= 0.6 is 0 Å². The van der Waals surface area contributed by atoms with Crippen molar-refractivity contribution in [2.24, 2.45) is 0 Å². The molecule has 20 heavy (non-hydrogen) atoms. The maximum atomic E-state index is 13.8. The number of hydrogen-bond donors (Lipinski definition) is 1. The van der Waals surface area contributed by atoms with Crippen LogP contribution in [0.5, 0.6) is 0 Å². The maximum absolute atomic E-state index is 13.8. The van der Waals surface area contributed by atoms with Crippen LogP contribution in [0.25, 0.3) is 10.9 Å². The van der Waals surface area contributed by atoms with Crippen LogP contribution in [0.2, 0.25) is 0 Å². The Kier molecular flexibility index (Phi) is 2.88. The minimum absolute atomic E-state index is 0.319. The van der Waals surface area contributed by atoms with Gasteiger partial charge in [0.25, 0.3) is 0 Å². The molecular formula is C16H12FN3. The van der Waals surface area contributed by atoms with Crippen LogP contribution in [0.4, 0.5) is 10.1 Å². The molecule has 0 radical (unpaired) electrons. The number of rotatable bonds is 2. The first-order valence-corrected chi connectivity index (χ1v) is 6.21. The Morgan fingerprint density at radius 2 is 2.05 bits per heavy atom. The topological polar surface area (TPSA) is 54.7 Å². The molecule has 1 aromatic heterocycles. The SMILES string of the molecule is N#Cc1ccc(F)c(Cn2ccc3cccc(N)c32)c1. The maximum Gasteiger partial charge on any atom is 0.128 e. The van der Waals surface area contributed by atoms with Gasteiger partial charge in [0.2, 0.25) is 0 Å². The molecule has 3 rings (SSSR count). The molecule has 3 nitrogen and oxygen atoms in total. The van der Waals surface area contributed by atoms with Crippen LogP contribution in [-0.4, -0.2) is 4.57 Å². The minimum atomic E-state index is -0.319. The summed E-state index contributed by atoms with van der Waals surface area (Å²) in [4.78, 5) is 0. The molecule has 4 heteroatoms. The molecule has 1 heterocycles. The van der Waals surface area contributed by atoms with Crippen LogP contribution in [0, 0.1) is 17.1 Å². The van der Waals surface area contributed by atoms with E-state index in [-0.39, 0.29) is 5.82 Å². The fourth-order valence-electron chi connectivity index (χ4n) is 2.37. The van der Waals surface area contributed by atoms with Crippen LogP contribution < -0.4 is 5.73 Å². The van der Waals surface area contributed by atoms with Crippen molar-refractivity contribution < 1.29 is 4.39 Å². The zero-order valence-corrected chi connectivity index (χ0v) is 10.7. The largest absolute Gasteiger partial charge is 0.397 e. The summed E-state index contributed by atoms with van der Waals surface area (Å²) in [6.07, 6.45) is 1.87. The molecule has 0 bridgehead atoms. The lowest BCUT2D eigenvalue weighted by Crippen LogP contribution is -2.02. The van der Waals surface area contributed by atoms with E-state index in [1.54, 1.807) is 6.07 Å². The van der Waals surface area contributed by atoms with E-state index in [2.05, 4.69) is 0 Å². The average molecular weight is 265 g/mol. The third-order valence-corrected chi connectivity index (χ3v) is 3.34. The Hall–Kier alpha value is -2.80. The van der Waals surface area contributed by atoms with E-state index >= 15 is 0 Å². The van der Waals surface area contributed by atoms with E-state index in [1.807, 2.05) is 41.1 Å². The van der Waals surface area contributed by atoms with Gasteiger partial charge in [-0.05, 0) is 30.3 Å². The van der Waals surface area contributed by atoms with Crippen molar-refractivity contribution in [3.05, 3.63) is 65.6 Å². The molecule has 0 aliphatic carbocycles. The fraction of sp³-hybridized carbons (Fsp3) is 0.0625. The summed E-state index contributed by atoms with van der Waals surface area (Å²) in [6.45, 7) is 0.346. The lowest BCUT2D eigenvalue weighted by molar-refractivity contribution is 0.602. The second kappa shape index (κ2) is 4.71. The van der Waals surface area contributed by atoms with Gasteiger partial charge in [0.05, 0.1) is 29.4 Å². The molecular weight excluding hydrogens is 253 g/mol. The van der Waals surface area contributed by atoms with E-state index in [0.717, 1.165) is 10.9 Å². The molecule has 3 aromatic rings. The summed E-state index contributed by atoms with van der Waals surface area (Å²) in [7, 11) is 0. The predicted molar refractivity (Wildman–Crippen MR) is 76.6 cm³/mol. The minimum Gasteiger partial charge on any atom is -0.397 e. The van der Waals surface area contributed by atoms with E-state index in [1.165, 1.54) is 12.1 Å². The highest BCUT2D eigenvalue weighted by atomic mass is 19.1. The standard InChI is InChI=1S/C16H12FN3/c17-14-5-4-11(9-18)8-13(14)10-20-7-6-12-2-1-3-15(19)16(12)20/h1-8H,10,19H2. The summed E-state index contributed by atoms with van der Waals surface area (Å²) >= 11 is 0. The molecule has 2 aromatic carbocycles. The Bertz CT molecular complexity index is 827. The van der Waals surface area contributed by atoms with Crippen molar-refractivity contribution in [1.82, 2.24) is 4.57 Å². The number of fused-ring (bicyclic) bond motifs is 1. The van der Waals surface area contributed by atoms with Crippen molar-refractivity contribution in [2.45, 2.75) is 6.54 Å². The normalized spacial score (nSPS) is 10.6. The third-order valence-electron chi connectivity index (χ3n) is 3.34. The molecule has 0 saturated heterocycles. The van der Waals surface area contributed by atoms with Gasteiger partial charge in [0.1, 0.15) is 5.82 Å². The summed E-state index contributed by atoms with van der Waals surface area (Å²) in [5.74, 6) is -0.319. The van der Waals surface area contributed by atoms with Gasteiger partial charge in [-0.3, -0.25) is 0 Å². The van der Waals surface area contributed by atoms with E-state index < -0.39 is 0 Å². The average Bonchev–Trinajstić information content (AvgIpc) is 2.86. The predicted octanol–water partition coefficient (Wildman–Crippen LogP) is 3.28. The number of nitrogen functional groups attached to an aromatic ring is 1. The van der Waals surface area contributed by atoms with E-state index in [4.69, 9.17) is 11.0 Å². The monoisotopic (exact) mass is 265 g/mol. The Morgan fingerprint density at radius 3 is 2.85 bits per heavy atom. The zero-order valence-electron chi connectivity index (χ0n) is 10.7. The molecule has 0 spiro atoms. The van der Waals surface area contributed by atoms with E-state index in [9.17, 15) is 4.39 Å². The Morgan fingerprint density at radius 1 is 1.20 bits per heavy atom. The van der Waals surface area contributed by atoms with Crippen LogP contribution in [-0.2, 0) is 6.54 Å². The van der Waals surface area contributed by atoms with Gasteiger partial charge in [-0.2, -0.15) is 5.26 Å². The number of halogens is 1. The molecule has 0 atom stereocenters. The first-order valence-electron chi connectivity index (χ1n) is 6.21. The second-order valence-corrected chi connectivity index (χ2v) is 4.65. The van der Waals surface area contributed by atoms with Crippen LogP contribution in [0.3, 0.4) is 0 Å². The molecule has 0 fully saturated rings. The fourth-order valence-corrected chi connectivity index (χ4v) is 2.37. The highest BCUT2D eigenvalue weighted by molar-refractivity contribution is 5.90. The lowest BCUT2D eigenvalue weighted by atomic mass is 10.1. The van der Waals surface area contributed by atoms with Gasteiger partial charge >= 0.3 is 0 Å². The third kappa shape index (κ3) is 1.99. The van der Waals surface area contributed by atoms with Crippen LogP contribution in [0.1, 0.15) is 11.1 Å². The van der Waals surface area contributed by atoms with Crippen molar-refractivity contribution in [3.63, 3.8) is 0 Å².